The maximum Gasteiger partial charge on any atom is 0.236 e. The molecule has 3 saturated heterocycles. The Morgan fingerprint density at radius 2 is 1.56 bits per heavy atom. The highest BCUT2D eigenvalue weighted by Gasteiger charge is 2.26. The smallest absolute Gasteiger partial charge is 0.236 e. The number of likely N-dealkylation sites (tertiary alicyclic amines) is 1. The van der Waals surface area contributed by atoms with Crippen LogP contribution in [0.5, 0.6) is 0 Å². The summed E-state index contributed by atoms with van der Waals surface area (Å²) in [4.78, 5) is 30.7. The summed E-state index contributed by atoms with van der Waals surface area (Å²) in [5.41, 5.74) is 0. The van der Waals surface area contributed by atoms with Crippen LogP contribution >= 0.6 is 0 Å². The van der Waals surface area contributed by atoms with Gasteiger partial charge in [-0.2, -0.15) is 0 Å². The average molecular weight is 373 g/mol. The molecule has 1 unspecified atom stereocenters. The van der Waals surface area contributed by atoms with Crippen LogP contribution in [0.1, 0.15) is 39.0 Å². The third-order valence-electron chi connectivity index (χ3n) is 6.25. The topological polar surface area (TPSA) is 55.8 Å². The normalized spacial score (nSPS) is 24.5. The van der Waals surface area contributed by atoms with E-state index in [2.05, 4.69) is 42.6 Å². The number of piperazine rings is 1. The zero-order chi connectivity index (χ0) is 18.6. The molecule has 3 fully saturated rings. The summed E-state index contributed by atoms with van der Waals surface area (Å²) in [6, 6.07) is 2.53. The summed E-state index contributed by atoms with van der Waals surface area (Å²) < 4.78 is 0. The molecule has 7 nitrogen and oxygen atoms in total. The minimum atomic E-state index is 0.300. The molecule has 0 aliphatic carbocycles. The highest BCUT2D eigenvalue weighted by molar-refractivity contribution is 5.78. The van der Waals surface area contributed by atoms with Crippen LogP contribution in [0.2, 0.25) is 0 Å². The van der Waals surface area contributed by atoms with Crippen molar-refractivity contribution in [2.45, 2.75) is 45.1 Å². The molecular formula is C20H32N6O. The van der Waals surface area contributed by atoms with Gasteiger partial charge < -0.3 is 14.7 Å². The fourth-order valence-corrected chi connectivity index (χ4v) is 4.52. The molecule has 3 aliphatic heterocycles. The van der Waals surface area contributed by atoms with E-state index in [0.717, 1.165) is 70.3 Å². The number of rotatable bonds is 4. The summed E-state index contributed by atoms with van der Waals surface area (Å²) >= 11 is 0. The van der Waals surface area contributed by atoms with E-state index in [1.165, 1.54) is 19.3 Å². The highest BCUT2D eigenvalue weighted by Crippen LogP contribution is 2.22. The molecule has 0 bridgehead atoms. The fourth-order valence-electron chi connectivity index (χ4n) is 4.52. The van der Waals surface area contributed by atoms with E-state index < -0.39 is 0 Å². The summed E-state index contributed by atoms with van der Waals surface area (Å²) in [6.45, 7) is 9.53. The van der Waals surface area contributed by atoms with E-state index in [4.69, 9.17) is 0 Å². The van der Waals surface area contributed by atoms with Crippen LogP contribution in [0.25, 0.3) is 0 Å². The van der Waals surface area contributed by atoms with E-state index in [-0.39, 0.29) is 0 Å². The van der Waals surface area contributed by atoms with Gasteiger partial charge in [-0.05, 0) is 39.0 Å². The number of carbonyl (C=O) groups is 1. The lowest BCUT2D eigenvalue weighted by Gasteiger charge is -2.38. The zero-order valence-corrected chi connectivity index (χ0v) is 16.5. The van der Waals surface area contributed by atoms with Crippen molar-refractivity contribution in [1.82, 2.24) is 19.8 Å². The van der Waals surface area contributed by atoms with Gasteiger partial charge in [0.2, 0.25) is 5.91 Å². The summed E-state index contributed by atoms with van der Waals surface area (Å²) in [6.07, 6.45) is 7.74. The quantitative estimate of drug-likeness (QED) is 0.800. The molecule has 7 heteroatoms. The van der Waals surface area contributed by atoms with Crippen molar-refractivity contribution in [1.29, 1.82) is 0 Å². The van der Waals surface area contributed by atoms with E-state index in [0.29, 0.717) is 18.5 Å². The van der Waals surface area contributed by atoms with Crippen molar-refractivity contribution < 1.29 is 4.79 Å². The highest BCUT2D eigenvalue weighted by atomic mass is 16.2. The zero-order valence-electron chi connectivity index (χ0n) is 16.5. The molecule has 0 saturated carbocycles. The maximum atomic E-state index is 12.7. The van der Waals surface area contributed by atoms with Gasteiger partial charge in [0.25, 0.3) is 0 Å². The lowest BCUT2D eigenvalue weighted by atomic mass is 10.0. The number of aromatic nitrogens is 2. The number of piperidine rings is 1. The van der Waals surface area contributed by atoms with Gasteiger partial charge in [0.15, 0.2) is 0 Å². The van der Waals surface area contributed by atoms with Crippen molar-refractivity contribution in [3.63, 3.8) is 0 Å². The summed E-state index contributed by atoms with van der Waals surface area (Å²) in [7, 11) is 0. The molecule has 1 atom stereocenters. The number of hydrogen-bond donors (Lipinski definition) is 0. The van der Waals surface area contributed by atoms with Gasteiger partial charge in [0, 0.05) is 57.9 Å². The Labute approximate surface area is 162 Å². The van der Waals surface area contributed by atoms with E-state index >= 15 is 0 Å². The molecule has 0 N–H and O–H groups in total. The van der Waals surface area contributed by atoms with Gasteiger partial charge in [-0.3, -0.25) is 9.69 Å². The molecule has 0 aromatic carbocycles. The van der Waals surface area contributed by atoms with E-state index in [1.54, 1.807) is 6.33 Å². The molecule has 0 radical (unpaired) electrons. The van der Waals surface area contributed by atoms with Gasteiger partial charge in [0.1, 0.15) is 18.0 Å². The second-order valence-corrected chi connectivity index (χ2v) is 8.12. The summed E-state index contributed by atoms with van der Waals surface area (Å²) in [5, 5.41) is 0. The van der Waals surface area contributed by atoms with Crippen molar-refractivity contribution >= 4 is 17.5 Å². The molecule has 27 heavy (non-hydrogen) atoms. The number of amides is 1. The van der Waals surface area contributed by atoms with Crippen molar-refractivity contribution in [3.8, 4) is 0 Å². The minimum absolute atomic E-state index is 0.300. The third-order valence-corrected chi connectivity index (χ3v) is 6.25. The van der Waals surface area contributed by atoms with Crippen molar-refractivity contribution in [2.24, 2.45) is 0 Å². The van der Waals surface area contributed by atoms with Gasteiger partial charge >= 0.3 is 0 Å². The molecular weight excluding hydrogens is 340 g/mol. The Bertz CT molecular complexity index is 639. The minimum Gasteiger partial charge on any atom is -0.356 e. The van der Waals surface area contributed by atoms with Crippen LogP contribution in [-0.4, -0.2) is 84.1 Å². The Balaban J connectivity index is 1.30. The molecule has 3 aliphatic rings. The molecule has 4 heterocycles. The van der Waals surface area contributed by atoms with Crippen molar-refractivity contribution in [2.75, 3.05) is 62.2 Å². The molecule has 148 valence electrons. The number of anilines is 2. The Hall–Kier alpha value is -1.89. The molecule has 0 spiro atoms. The second kappa shape index (κ2) is 8.42. The Morgan fingerprint density at radius 3 is 2.22 bits per heavy atom. The van der Waals surface area contributed by atoms with Gasteiger partial charge in [-0.15, -0.1) is 0 Å². The SMILES string of the molecule is CC1CCCCN1C(=O)CN1CCN(c2cc(N3CCCC3)ncn2)CC1. The molecule has 4 rings (SSSR count). The average Bonchev–Trinajstić information content (AvgIpc) is 3.24. The predicted octanol–water partition coefficient (Wildman–Crippen LogP) is 1.60. The molecule has 1 amide bonds. The molecule has 1 aromatic heterocycles. The number of carbonyl (C=O) groups excluding carboxylic acids is 1. The van der Waals surface area contributed by atoms with Crippen LogP contribution in [0.3, 0.4) is 0 Å². The Kier molecular flexibility index (Phi) is 5.76. The predicted molar refractivity (Wildman–Crippen MR) is 107 cm³/mol. The lowest BCUT2D eigenvalue weighted by Crippen LogP contribution is -2.52. The first kappa shape index (κ1) is 18.5. The third kappa shape index (κ3) is 4.34. The first-order valence-corrected chi connectivity index (χ1v) is 10.5. The Morgan fingerprint density at radius 1 is 0.926 bits per heavy atom. The van der Waals surface area contributed by atoms with Crippen LogP contribution in [0.15, 0.2) is 12.4 Å². The standard InChI is InChI=1S/C20H32N6O/c1-17-6-2-3-9-26(17)20(27)15-23-10-12-25(13-11-23)19-14-18(21-16-22-19)24-7-4-5-8-24/h14,16-17H,2-13,15H2,1H3. The van der Waals surface area contributed by atoms with Crippen LogP contribution in [0.4, 0.5) is 11.6 Å². The van der Waals surface area contributed by atoms with Crippen LogP contribution < -0.4 is 9.80 Å². The van der Waals surface area contributed by atoms with Gasteiger partial charge in [-0.1, -0.05) is 0 Å². The largest absolute Gasteiger partial charge is 0.356 e. The summed E-state index contributed by atoms with van der Waals surface area (Å²) in [5.74, 6) is 2.37. The first-order chi connectivity index (χ1) is 13.2. The van der Waals surface area contributed by atoms with Crippen LogP contribution in [0, 0.1) is 0 Å². The number of nitrogens with zero attached hydrogens (tertiary/aromatic N) is 6. The van der Waals surface area contributed by atoms with Gasteiger partial charge in [-0.25, -0.2) is 9.97 Å². The van der Waals surface area contributed by atoms with E-state index in [1.807, 2.05) is 0 Å². The van der Waals surface area contributed by atoms with Crippen molar-refractivity contribution in [3.05, 3.63) is 12.4 Å². The van der Waals surface area contributed by atoms with E-state index in [9.17, 15) is 4.79 Å². The monoisotopic (exact) mass is 372 g/mol. The fraction of sp³-hybridized carbons (Fsp3) is 0.750. The van der Waals surface area contributed by atoms with Gasteiger partial charge in [0.05, 0.1) is 6.54 Å². The maximum absolute atomic E-state index is 12.7. The first-order valence-electron chi connectivity index (χ1n) is 10.5. The lowest BCUT2D eigenvalue weighted by molar-refractivity contribution is -0.135. The molecule has 1 aromatic rings. The second-order valence-electron chi connectivity index (χ2n) is 8.12. The number of hydrogen-bond acceptors (Lipinski definition) is 6. The van der Waals surface area contributed by atoms with Crippen LogP contribution in [-0.2, 0) is 4.79 Å².